The van der Waals surface area contributed by atoms with Gasteiger partial charge in [-0.2, -0.15) is 8.42 Å². The van der Waals surface area contributed by atoms with E-state index < -0.39 is 71.3 Å². The lowest BCUT2D eigenvalue weighted by atomic mass is 9.77. The summed E-state index contributed by atoms with van der Waals surface area (Å²) >= 11 is 0. The number of nitro groups is 1. The molecule has 0 aromatic heterocycles. The second-order valence-electron chi connectivity index (χ2n) is 12.1. The van der Waals surface area contributed by atoms with Gasteiger partial charge in [0.2, 0.25) is 5.91 Å². The molecule has 252 valence electrons. The zero-order chi connectivity index (χ0) is 34.1. The lowest BCUT2D eigenvalue weighted by molar-refractivity contribution is -0.384. The molecular formula is C29H41N5O10SSi. The van der Waals surface area contributed by atoms with Crippen LogP contribution in [-0.4, -0.2) is 86.5 Å². The summed E-state index contributed by atoms with van der Waals surface area (Å²) < 4.78 is 36.8. The maximum absolute atomic E-state index is 13.8. The zero-order valence-electron chi connectivity index (χ0n) is 26.6. The first-order chi connectivity index (χ1) is 21.6. The van der Waals surface area contributed by atoms with Crippen LogP contribution >= 0.6 is 0 Å². The molecule has 3 heterocycles. The van der Waals surface area contributed by atoms with Crippen molar-refractivity contribution < 1.29 is 41.7 Å². The van der Waals surface area contributed by atoms with E-state index in [9.17, 15) is 37.7 Å². The number of β-lactam (4-membered cyclic amide) rings is 1. The minimum atomic E-state index is -4.30. The highest BCUT2D eigenvalue weighted by Gasteiger charge is 2.61. The van der Waals surface area contributed by atoms with E-state index in [4.69, 9.17) is 14.3 Å². The summed E-state index contributed by atoms with van der Waals surface area (Å²) in [5, 5.41) is 16.0. The van der Waals surface area contributed by atoms with Crippen LogP contribution in [0.1, 0.15) is 57.8 Å². The first kappa shape index (κ1) is 35.3. The Labute approximate surface area is 268 Å². The van der Waals surface area contributed by atoms with E-state index in [0.29, 0.717) is 25.0 Å². The molecule has 0 saturated carbocycles. The number of fused-ring (bicyclic) bond motifs is 1. The van der Waals surface area contributed by atoms with Crippen molar-refractivity contribution in [1.82, 2.24) is 14.5 Å². The van der Waals surface area contributed by atoms with Gasteiger partial charge < -0.3 is 14.1 Å². The molecule has 2 fully saturated rings. The number of nitrogens with two attached hydrogens (primary N) is 1. The second-order valence-corrected chi connectivity index (χ2v) is 18.1. The smallest absolute Gasteiger partial charge is 0.362 e. The summed E-state index contributed by atoms with van der Waals surface area (Å²) in [7, 11) is -6.39. The molecule has 1 aromatic carbocycles. The van der Waals surface area contributed by atoms with Crippen molar-refractivity contribution >= 4 is 48.0 Å². The highest BCUT2D eigenvalue weighted by Crippen LogP contribution is 2.49. The number of nitro benzene ring substituents is 1. The summed E-state index contributed by atoms with van der Waals surface area (Å²) in [5.74, 6) is -4.22. The van der Waals surface area contributed by atoms with E-state index >= 15 is 0 Å². The number of amides is 2. The van der Waals surface area contributed by atoms with Crippen molar-refractivity contribution in [3.05, 3.63) is 51.2 Å². The van der Waals surface area contributed by atoms with Gasteiger partial charge >= 0.3 is 11.9 Å². The summed E-state index contributed by atoms with van der Waals surface area (Å²) in [6, 6.07) is 5.88. The van der Waals surface area contributed by atoms with Crippen molar-refractivity contribution in [2.24, 2.45) is 17.0 Å². The van der Waals surface area contributed by atoms with Crippen molar-refractivity contribution in [2.45, 2.75) is 83.8 Å². The van der Waals surface area contributed by atoms with Crippen molar-refractivity contribution in [3.8, 4) is 0 Å². The number of non-ortho nitro benzene ring substituents is 1. The average Bonchev–Trinajstić information content (AvgIpc) is 3.56. The van der Waals surface area contributed by atoms with Gasteiger partial charge in [0.25, 0.3) is 21.8 Å². The van der Waals surface area contributed by atoms with E-state index in [-0.39, 0.29) is 29.4 Å². The number of hydrogen-bond donors (Lipinski definition) is 2. The van der Waals surface area contributed by atoms with Gasteiger partial charge in [-0.05, 0) is 62.1 Å². The number of ether oxygens (including phenoxy) is 1. The molecule has 0 spiro atoms. The van der Waals surface area contributed by atoms with Gasteiger partial charge in [0.15, 0.2) is 8.32 Å². The highest BCUT2D eigenvalue weighted by atomic mass is 32.2. The number of nitrogens with one attached hydrogen (secondary N) is 1. The molecule has 1 aromatic rings. The summed E-state index contributed by atoms with van der Waals surface area (Å²) in [4.78, 5) is 66.6. The number of benzene rings is 1. The molecule has 17 heteroatoms. The van der Waals surface area contributed by atoms with Crippen molar-refractivity contribution in [1.29, 1.82) is 0 Å². The number of carbonyl (C=O) groups excluding carboxylic acids is 4. The maximum Gasteiger partial charge on any atom is 0.362 e. The molecule has 46 heavy (non-hydrogen) atoms. The van der Waals surface area contributed by atoms with Gasteiger partial charge in [0.1, 0.15) is 5.70 Å². The quantitative estimate of drug-likeness (QED) is 0.0771. The number of esters is 2. The Morgan fingerprint density at radius 2 is 1.74 bits per heavy atom. The Morgan fingerprint density at radius 1 is 1.13 bits per heavy atom. The Bertz CT molecular complexity index is 1540. The van der Waals surface area contributed by atoms with Crippen LogP contribution in [0.2, 0.25) is 18.1 Å². The first-order valence-electron chi connectivity index (χ1n) is 15.4. The van der Waals surface area contributed by atoms with Crippen LogP contribution in [0.15, 0.2) is 35.5 Å². The fourth-order valence-electron chi connectivity index (χ4n) is 6.95. The molecule has 5 atom stereocenters. The number of nitrogens with zero attached hydrogens (tertiary/aromatic N) is 3. The average molecular weight is 680 g/mol. The van der Waals surface area contributed by atoms with E-state index in [1.807, 2.05) is 18.6 Å². The minimum absolute atomic E-state index is 0.0276. The number of likely N-dealkylation sites (tertiary alicyclic amines) is 1. The standard InChI is InChI=1S/C29H41N5O10SSi/c1-6-46(7-2,8-3)44-18(5)23-24-17(4)21(16-32-15-9-10-22(32)26(35)31-45(30,41)42)25(33(24)27(23)36)29(38)43-28(37)19-11-13-20(14-12-19)34(39)40/h11-14,17-18,22-24H,6-10,15-16H2,1-5H3,(H,31,35)(H2,30,41,42)/t17-,18+,22-,23+,24+/m0/s1. The van der Waals surface area contributed by atoms with E-state index in [0.717, 1.165) is 42.4 Å². The lowest BCUT2D eigenvalue weighted by Gasteiger charge is -2.49. The third kappa shape index (κ3) is 6.92. The summed E-state index contributed by atoms with van der Waals surface area (Å²) in [5.41, 5.74) is 0.0122. The predicted molar refractivity (Wildman–Crippen MR) is 167 cm³/mol. The first-order valence-corrected chi connectivity index (χ1v) is 19.5. The number of hydrogen-bond acceptors (Lipinski definition) is 11. The Morgan fingerprint density at radius 3 is 2.28 bits per heavy atom. The molecule has 15 nitrogen and oxygen atoms in total. The SMILES string of the molecule is CC[Si](CC)(CC)O[C@H](C)[C@H]1C(=O)N2C(C(=O)OC(=O)c3ccc([N+](=O)[O-])cc3)=C(CN3CCC[C@H]3C(=O)NS(N)(=O)=O)[C@H](C)[C@H]12. The Hall–Kier alpha value is -3.51. The van der Waals surface area contributed by atoms with E-state index in [2.05, 4.69) is 20.8 Å². The molecule has 4 rings (SSSR count). The second kappa shape index (κ2) is 13.7. The fraction of sp³-hybridized carbons (Fsp3) is 0.586. The van der Waals surface area contributed by atoms with Gasteiger partial charge in [-0.3, -0.25) is 24.6 Å². The fourth-order valence-corrected chi connectivity index (χ4v) is 10.3. The predicted octanol–water partition coefficient (Wildman–Crippen LogP) is 2.20. The highest BCUT2D eigenvalue weighted by molar-refractivity contribution is 7.87. The zero-order valence-corrected chi connectivity index (χ0v) is 28.4. The molecule has 3 aliphatic rings. The van der Waals surface area contributed by atoms with Crippen LogP contribution in [-0.2, 0) is 33.8 Å². The number of carbonyl (C=O) groups is 4. The normalized spacial score (nSPS) is 24.0. The van der Waals surface area contributed by atoms with Gasteiger partial charge in [-0.1, -0.05) is 27.7 Å². The van der Waals surface area contributed by atoms with Crippen LogP contribution in [0.3, 0.4) is 0 Å². The molecule has 0 aliphatic carbocycles. The molecule has 0 radical (unpaired) electrons. The van der Waals surface area contributed by atoms with Crippen molar-refractivity contribution in [2.75, 3.05) is 13.1 Å². The van der Waals surface area contributed by atoms with Crippen LogP contribution in [0.25, 0.3) is 0 Å². The summed E-state index contributed by atoms with van der Waals surface area (Å²) in [6.07, 6.45) is 0.486. The van der Waals surface area contributed by atoms with E-state index in [1.54, 1.807) is 4.90 Å². The molecule has 2 amide bonds. The molecular weight excluding hydrogens is 638 g/mol. The molecule has 0 bridgehead atoms. The van der Waals surface area contributed by atoms with Gasteiger partial charge in [-0.25, -0.2) is 19.5 Å². The van der Waals surface area contributed by atoms with Crippen LogP contribution < -0.4 is 9.86 Å². The van der Waals surface area contributed by atoms with Gasteiger partial charge in [0.05, 0.1) is 34.6 Å². The lowest BCUT2D eigenvalue weighted by Crippen LogP contribution is -2.65. The topological polar surface area (TPSA) is 209 Å². The molecule has 3 aliphatic heterocycles. The van der Waals surface area contributed by atoms with Crippen LogP contribution in [0.4, 0.5) is 5.69 Å². The Balaban J connectivity index is 1.65. The molecule has 3 N–H and O–H groups in total. The Kier molecular flexibility index (Phi) is 10.5. The monoisotopic (exact) mass is 679 g/mol. The summed E-state index contributed by atoms with van der Waals surface area (Å²) in [6.45, 7) is 10.4. The van der Waals surface area contributed by atoms with Gasteiger partial charge in [-0.15, -0.1) is 0 Å². The third-order valence-electron chi connectivity index (χ3n) is 9.65. The maximum atomic E-state index is 13.8. The van der Waals surface area contributed by atoms with E-state index in [1.165, 1.54) is 4.90 Å². The van der Waals surface area contributed by atoms with Gasteiger partial charge in [0, 0.05) is 24.6 Å². The van der Waals surface area contributed by atoms with Crippen LogP contribution in [0.5, 0.6) is 0 Å². The minimum Gasteiger partial charge on any atom is -0.413 e. The van der Waals surface area contributed by atoms with Crippen molar-refractivity contribution in [3.63, 3.8) is 0 Å². The largest absolute Gasteiger partial charge is 0.413 e. The third-order valence-corrected chi connectivity index (χ3v) is 14.9. The number of rotatable bonds is 13. The van der Waals surface area contributed by atoms with Crippen LogP contribution in [0, 0.1) is 22.0 Å². The molecule has 2 saturated heterocycles. The molecule has 0 unspecified atom stereocenters.